The minimum absolute atomic E-state index is 0.0587. The summed E-state index contributed by atoms with van der Waals surface area (Å²) in [6, 6.07) is 37.8. The molecule has 4 N–H and O–H groups in total. The molecule has 0 aliphatic rings. The summed E-state index contributed by atoms with van der Waals surface area (Å²) in [5, 5.41) is 52.5. The van der Waals surface area contributed by atoms with Gasteiger partial charge in [-0.15, -0.1) is 0 Å². The van der Waals surface area contributed by atoms with Gasteiger partial charge in [0.15, 0.2) is 0 Å². The van der Waals surface area contributed by atoms with Crippen LogP contribution < -0.4 is 0 Å². The molecule has 52 heavy (non-hydrogen) atoms. The summed E-state index contributed by atoms with van der Waals surface area (Å²) in [5.74, 6) is -5.13. The van der Waals surface area contributed by atoms with Crippen molar-refractivity contribution in [3.05, 3.63) is 144 Å². The number of aromatic carboxylic acids is 4. The molecule has 10 rings (SSSR count). The molecule has 0 aliphatic heterocycles. The molecule has 0 spiro atoms. The number of carboxylic acid groups (broad SMARTS) is 4. The molecule has 8 nitrogen and oxygen atoms in total. The Balaban J connectivity index is 0.000000153. The van der Waals surface area contributed by atoms with Crippen LogP contribution in [0.25, 0.3) is 86.2 Å². The summed E-state index contributed by atoms with van der Waals surface area (Å²) >= 11 is 0. The first-order valence-corrected chi connectivity index (χ1v) is 16.3. The van der Waals surface area contributed by atoms with Gasteiger partial charge in [0, 0.05) is 10.8 Å². The van der Waals surface area contributed by atoms with Gasteiger partial charge < -0.3 is 20.4 Å². The molecular weight excluding hydrogens is 656 g/mol. The van der Waals surface area contributed by atoms with Crippen molar-refractivity contribution in [3.8, 4) is 0 Å². The maximum atomic E-state index is 11.9. The number of benzene rings is 10. The van der Waals surface area contributed by atoms with E-state index < -0.39 is 23.9 Å². The molecule has 0 heterocycles. The lowest BCUT2D eigenvalue weighted by Crippen LogP contribution is -2.07. The Labute approximate surface area is 292 Å². The van der Waals surface area contributed by atoms with Gasteiger partial charge in [-0.05, 0) is 99.7 Å². The van der Waals surface area contributed by atoms with Crippen LogP contribution in [0.1, 0.15) is 41.4 Å². The third-order valence-corrected chi connectivity index (χ3v) is 10.2. The lowest BCUT2D eigenvalue weighted by atomic mass is 9.84. The standard InChI is InChI=1S/C24H12O8.C20H12/c25-21(26)13-5-1-9-10-2-6-15(23(29)30)20-16(24(31)32)8-4-12(18(10)20)11-3-7-14(22(27)28)19(13)17(9)11;1-5-13-6-2-11-17-18-12-4-8-14-7-3-10-16(20(14)18)15(9-1)19(13)17/h1-8H,(H,25,26)(H,27,28)(H,29,30)(H,31,32);1-12H. The Morgan fingerprint density at radius 2 is 0.500 bits per heavy atom. The number of rotatable bonds is 4. The summed E-state index contributed by atoms with van der Waals surface area (Å²) in [6.07, 6.45) is 0. The minimum atomic E-state index is -1.28. The van der Waals surface area contributed by atoms with E-state index in [1.165, 1.54) is 91.6 Å². The Hall–Kier alpha value is -7.32. The highest BCUT2D eigenvalue weighted by Crippen LogP contribution is 2.44. The Morgan fingerprint density at radius 3 is 0.731 bits per heavy atom. The highest BCUT2D eigenvalue weighted by Gasteiger charge is 2.25. The van der Waals surface area contributed by atoms with Crippen molar-refractivity contribution in [2.45, 2.75) is 0 Å². The Bertz CT molecular complexity index is 2780. The van der Waals surface area contributed by atoms with Crippen LogP contribution in [0.15, 0.2) is 121 Å². The van der Waals surface area contributed by atoms with Gasteiger partial charge in [-0.25, -0.2) is 19.2 Å². The molecule has 0 atom stereocenters. The van der Waals surface area contributed by atoms with Gasteiger partial charge in [-0.1, -0.05) is 97.1 Å². The molecule has 10 aromatic rings. The molecule has 0 radical (unpaired) electrons. The van der Waals surface area contributed by atoms with Crippen molar-refractivity contribution in [3.63, 3.8) is 0 Å². The van der Waals surface area contributed by atoms with E-state index in [9.17, 15) is 39.6 Å². The molecule has 8 heteroatoms. The second-order valence-corrected chi connectivity index (χ2v) is 12.8. The van der Waals surface area contributed by atoms with Gasteiger partial charge in [0.2, 0.25) is 0 Å². The highest BCUT2D eigenvalue weighted by molar-refractivity contribution is 6.38. The van der Waals surface area contributed by atoms with E-state index in [0.717, 1.165) is 0 Å². The number of carboxylic acids is 4. The third kappa shape index (κ3) is 4.21. The van der Waals surface area contributed by atoms with E-state index in [1.54, 1.807) is 0 Å². The summed E-state index contributed by atoms with van der Waals surface area (Å²) in [6.45, 7) is 0. The fourth-order valence-electron chi connectivity index (χ4n) is 8.18. The van der Waals surface area contributed by atoms with Gasteiger partial charge >= 0.3 is 23.9 Å². The molecule has 0 unspecified atom stereocenters. The maximum absolute atomic E-state index is 11.9. The van der Waals surface area contributed by atoms with E-state index >= 15 is 0 Å². The quantitative estimate of drug-likeness (QED) is 0.106. The van der Waals surface area contributed by atoms with Crippen molar-refractivity contribution in [2.75, 3.05) is 0 Å². The van der Waals surface area contributed by atoms with Crippen molar-refractivity contribution in [2.24, 2.45) is 0 Å². The van der Waals surface area contributed by atoms with Crippen LogP contribution >= 0.6 is 0 Å². The molecule has 0 saturated heterocycles. The normalized spacial score (nSPS) is 11.7. The monoisotopic (exact) mass is 680 g/mol. The van der Waals surface area contributed by atoms with Crippen LogP contribution in [0, 0.1) is 0 Å². The number of hydrogen-bond donors (Lipinski definition) is 4. The van der Waals surface area contributed by atoms with Gasteiger partial charge in [-0.2, -0.15) is 0 Å². The summed E-state index contributed by atoms with van der Waals surface area (Å²) < 4.78 is 0. The molecule has 10 aromatic carbocycles. The van der Waals surface area contributed by atoms with Crippen molar-refractivity contribution < 1.29 is 39.6 Å². The Kier molecular flexibility index (Phi) is 6.55. The average Bonchev–Trinajstić information content (AvgIpc) is 3.15. The van der Waals surface area contributed by atoms with E-state index in [0.29, 0.717) is 32.3 Å². The summed E-state index contributed by atoms with van der Waals surface area (Å²) in [4.78, 5) is 47.5. The first-order chi connectivity index (χ1) is 25.2. The van der Waals surface area contributed by atoms with Crippen molar-refractivity contribution in [1.82, 2.24) is 0 Å². The molecule has 0 bridgehead atoms. The number of carbonyl (C=O) groups is 4. The predicted molar refractivity (Wildman–Crippen MR) is 203 cm³/mol. The molecule has 0 amide bonds. The Morgan fingerprint density at radius 1 is 0.269 bits per heavy atom. The molecule has 0 aliphatic carbocycles. The topological polar surface area (TPSA) is 149 Å². The molecule has 248 valence electrons. The van der Waals surface area contributed by atoms with E-state index in [1.807, 2.05) is 0 Å². The van der Waals surface area contributed by atoms with Crippen LogP contribution in [0.3, 0.4) is 0 Å². The highest BCUT2D eigenvalue weighted by atomic mass is 16.4. The lowest BCUT2D eigenvalue weighted by Gasteiger charge is -2.18. The van der Waals surface area contributed by atoms with Crippen LogP contribution in [-0.2, 0) is 0 Å². The smallest absolute Gasteiger partial charge is 0.336 e. The fourth-order valence-corrected chi connectivity index (χ4v) is 8.18. The van der Waals surface area contributed by atoms with Crippen molar-refractivity contribution in [1.29, 1.82) is 0 Å². The molecular formula is C44H24O8. The second kappa shape index (κ2) is 11.1. The van der Waals surface area contributed by atoms with Crippen LogP contribution in [-0.4, -0.2) is 44.3 Å². The molecule has 0 saturated carbocycles. The SMILES string of the molecule is O=C(O)c1ccc2c3ccc(C(=O)O)c4c(C(=O)O)ccc(c5ccc(C(=O)O)c1c25)c43.c1cc2cccc3c4cccc5cccc(c(c1)c23)c54. The number of fused-ring (bicyclic) bond motifs is 4. The average molecular weight is 681 g/mol. The summed E-state index contributed by atoms with van der Waals surface area (Å²) in [7, 11) is 0. The van der Waals surface area contributed by atoms with E-state index in [2.05, 4.69) is 72.8 Å². The zero-order valence-electron chi connectivity index (χ0n) is 27.0. The van der Waals surface area contributed by atoms with Gasteiger partial charge in [-0.3, -0.25) is 0 Å². The first kappa shape index (κ1) is 30.7. The molecule has 0 aromatic heterocycles. The molecule has 0 fully saturated rings. The van der Waals surface area contributed by atoms with E-state index in [4.69, 9.17) is 0 Å². The van der Waals surface area contributed by atoms with E-state index in [-0.39, 0.29) is 33.0 Å². The zero-order valence-corrected chi connectivity index (χ0v) is 27.0. The lowest BCUT2D eigenvalue weighted by molar-refractivity contribution is 0.0681. The largest absolute Gasteiger partial charge is 0.478 e. The predicted octanol–water partition coefficient (Wildman–Crippen LogP) is 10.3. The van der Waals surface area contributed by atoms with Gasteiger partial charge in [0.1, 0.15) is 0 Å². The fraction of sp³-hybridized carbons (Fsp3) is 0. The summed E-state index contributed by atoms with van der Waals surface area (Å²) in [5.41, 5.74) is -0.696. The minimum Gasteiger partial charge on any atom is -0.478 e. The van der Waals surface area contributed by atoms with Crippen LogP contribution in [0.5, 0.6) is 0 Å². The van der Waals surface area contributed by atoms with Crippen LogP contribution in [0.2, 0.25) is 0 Å². The van der Waals surface area contributed by atoms with Gasteiger partial charge in [0.25, 0.3) is 0 Å². The van der Waals surface area contributed by atoms with Crippen LogP contribution in [0.4, 0.5) is 0 Å². The third-order valence-electron chi connectivity index (χ3n) is 10.2. The zero-order chi connectivity index (χ0) is 36.0. The second-order valence-electron chi connectivity index (χ2n) is 12.8. The maximum Gasteiger partial charge on any atom is 0.336 e. The van der Waals surface area contributed by atoms with Gasteiger partial charge in [0.05, 0.1) is 22.3 Å². The first-order valence-electron chi connectivity index (χ1n) is 16.3. The van der Waals surface area contributed by atoms with Crippen molar-refractivity contribution >= 4 is 110 Å². The number of hydrogen-bond acceptors (Lipinski definition) is 4.